The van der Waals surface area contributed by atoms with Crippen LogP contribution in [0.4, 0.5) is 5.69 Å². The number of ether oxygens (including phenoxy) is 1. The van der Waals surface area contributed by atoms with E-state index in [0.717, 1.165) is 5.75 Å². The van der Waals surface area contributed by atoms with Gasteiger partial charge in [0.05, 0.1) is 7.11 Å². The summed E-state index contributed by atoms with van der Waals surface area (Å²) in [5.74, 6) is 1.30. The molecule has 5 heteroatoms. The lowest BCUT2D eigenvalue weighted by atomic mass is 10.1. The van der Waals surface area contributed by atoms with Crippen molar-refractivity contribution in [2.24, 2.45) is 0 Å². The summed E-state index contributed by atoms with van der Waals surface area (Å²) < 4.78 is 5.20. The summed E-state index contributed by atoms with van der Waals surface area (Å²) in [6.45, 7) is 2.01. The predicted octanol–water partition coefficient (Wildman–Crippen LogP) is 2.10. The molecular weight excluding hydrogens is 248 g/mol. The normalized spacial score (nSPS) is 12.0. The molecular formula is C13H20N2O2S. The van der Waals surface area contributed by atoms with Crippen molar-refractivity contribution >= 4 is 23.4 Å². The smallest absolute Gasteiger partial charge is 0.259 e. The topological polar surface area (TPSA) is 55.6 Å². The van der Waals surface area contributed by atoms with Gasteiger partial charge in [-0.15, -0.1) is 0 Å². The minimum Gasteiger partial charge on any atom is -0.496 e. The van der Waals surface area contributed by atoms with E-state index < -0.39 is 0 Å². The number of thioether (sulfide) groups is 1. The second-order valence-electron chi connectivity index (χ2n) is 4.14. The van der Waals surface area contributed by atoms with Crippen LogP contribution in [0.25, 0.3) is 0 Å². The Hall–Kier alpha value is -1.36. The highest BCUT2D eigenvalue weighted by molar-refractivity contribution is 7.98. The van der Waals surface area contributed by atoms with Gasteiger partial charge >= 0.3 is 0 Å². The Balaban J connectivity index is 3.03. The van der Waals surface area contributed by atoms with Gasteiger partial charge in [-0.2, -0.15) is 11.8 Å². The third-order valence-electron chi connectivity index (χ3n) is 2.88. The lowest BCUT2D eigenvalue weighted by Crippen LogP contribution is -2.37. The summed E-state index contributed by atoms with van der Waals surface area (Å²) in [5.41, 5.74) is 6.76. The maximum absolute atomic E-state index is 12.4. The molecule has 1 aromatic carbocycles. The van der Waals surface area contributed by atoms with Crippen molar-refractivity contribution in [2.75, 3.05) is 31.9 Å². The van der Waals surface area contributed by atoms with Crippen LogP contribution in [0.15, 0.2) is 18.2 Å². The molecule has 2 N–H and O–H groups in total. The number of amides is 1. The monoisotopic (exact) mass is 268 g/mol. The number of hydrogen-bond donors (Lipinski definition) is 1. The zero-order valence-electron chi connectivity index (χ0n) is 11.3. The molecule has 1 rings (SSSR count). The van der Waals surface area contributed by atoms with E-state index >= 15 is 0 Å². The first-order valence-corrected chi connectivity index (χ1v) is 7.10. The lowest BCUT2D eigenvalue weighted by molar-refractivity contribution is 0.0755. The SMILES string of the molecule is COc1cccc(N)c1C(=O)N(C)C(C)CSC. The van der Waals surface area contributed by atoms with Gasteiger partial charge in [-0.25, -0.2) is 0 Å². The largest absolute Gasteiger partial charge is 0.496 e. The summed E-state index contributed by atoms with van der Waals surface area (Å²) in [7, 11) is 3.33. The summed E-state index contributed by atoms with van der Waals surface area (Å²) in [6, 6.07) is 5.38. The summed E-state index contributed by atoms with van der Waals surface area (Å²) in [5, 5.41) is 0. The molecule has 100 valence electrons. The van der Waals surface area contributed by atoms with Crippen molar-refractivity contribution < 1.29 is 9.53 Å². The molecule has 0 saturated carbocycles. The van der Waals surface area contributed by atoms with E-state index in [-0.39, 0.29) is 11.9 Å². The quantitative estimate of drug-likeness (QED) is 0.831. The fourth-order valence-corrected chi connectivity index (χ4v) is 2.38. The summed E-state index contributed by atoms with van der Waals surface area (Å²) in [6.07, 6.45) is 2.02. The Morgan fingerprint density at radius 3 is 2.78 bits per heavy atom. The highest BCUT2D eigenvalue weighted by atomic mass is 32.2. The molecule has 0 aliphatic heterocycles. The van der Waals surface area contributed by atoms with Crippen molar-refractivity contribution in [3.63, 3.8) is 0 Å². The average Bonchev–Trinajstić information content (AvgIpc) is 2.36. The lowest BCUT2D eigenvalue weighted by Gasteiger charge is -2.25. The summed E-state index contributed by atoms with van der Waals surface area (Å²) >= 11 is 1.71. The third-order valence-corrected chi connectivity index (χ3v) is 3.70. The van der Waals surface area contributed by atoms with Gasteiger partial charge in [-0.3, -0.25) is 4.79 Å². The van der Waals surface area contributed by atoms with Crippen LogP contribution in [0.3, 0.4) is 0 Å². The highest BCUT2D eigenvalue weighted by Crippen LogP contribution is 2.26. The maximum atomic E-state index is 12.4. The van der Waals surface area contributed by atoms with Crippen molar-refractivity contribution in [3.8, 4) is 5.75 Å². The first-order valence-electron chi connectivity index (χ1n) is 5.71. The second-order valence-corrected chi connectivity index (χ2v) is 5.06. The fraction of sp³-hybridized carbons (Fsp3) is 0.462. The van der Waals surface area contributed by atoms with Gasteiger partial charge in [0.1, 0.15) is 11.3 Å². The van der Waals surface area contributed by atoms with Gasteiger partial charge in [0, 0.05) is 24.5 Å². The number of carbonyl (C=O) groups is 1. The Labute approximate surface area is 112 Å². The zero-order chi connectivity index (χ0) is 13.7. The van der Waals surface area contributed by atoms with Crippen molar-refractivity contribution in [2.45, 2.75) is 13.0 Å². The molecule has 0 fully saturated rings. The summed E-state index contributed by atoms with van der Waals surface area (Å²) in [4.78, 5) is 14.1. The number of benzene rings is 1. The number of anilines is 1. The molecule has 1 atom stereocenters. The number of hydrogen-bond acceptors (Lipinski definition) is 4. The number of nitrogens with zero attached hydrogens (tertiary/aromatic N) is 1. The molecule has 0 aliphatic rings. The van der Waals surface area contributed by atoms with Crippen LogP contribution in [0.5, 0.6) is 5.75 Å². The van der Waals surface area contributed by atoms with E-state index in [2.05, 4.69) is 0 Å². The highest BCUT2D eigenvalue weighted by Gasteiger charge is 2.22. The average molecular weight is 268 g/mol. The second kappa shape index (κ2) is 6.54. The Kier molecular flexibility index (Phi) is 5.34. The fourth-order valence-electron chi connectivity index (χ4n) is 1.68. The van der Waals surface area contributed by atoms with Crippen molar-refractivity contribution in [3.05, 3.63) is 23.8 Å². The van der Waals surface area contributed by atoms with Gasteiger partial charge in [0.25, 0.3) is 5.91 Å². The number of nitrogens with two attached hydrogens (primary N) is 1. The van der Waals surface area contributed by atoms with E-state index in [1.165, 1.54) is 7.11 Å². The van der Waals surface area contributed by atoms with Gasteiger partial charge in [-0.05, 0) is 25.3 Å². The van der Waals surface area contributed by atoms with Gasteiger partial charge < -0.3 is 15.4 Å². The van der Waals surface area contributed by atoms with Gasteiger partial charge in [0.2, 0.25) is 0 Å². The zero-order valence-corrected chi connectivity index (χ0v) is 12.1. The van der Waals surface area contributed by atoms with Crippen molar-refractivity contribution in [1.29, 1.82) is 0 Å². The van der Waals surface area contributed by atoms with Crippen LogP contribution in [0.2, 0.25) is 0 Å². The molecule has 0 saturated heterocycles. The number of rotatable bonds is 5. The predicted molar refractivity (Wildman–Crippen MR) is 77.3 cm³/mol. The molecule has 0 aliphatic carbocycles. The standard InChI is InChI=1S/C13H20N2O2S/c1-9(8-18-4)15(2)13(16)12-10(14)6-5-7-11(12)17-3/h5-7,9H,8,14H2,1-4H3. The van der Waals surface area contributed by atoms with Crippen molar-refractivity contribution in [1.82, 2.24) is 4.90 Å². The van der Waals surface area contributed by atoms with Crippen LogP contribution < -0.4 is 10.5 Å². The Morgan fingerprint density at radius 1 is 1.56 bits per heavy atom. The molecule has 0 bridgehead atoms. The van der Waals surface area contributed by atoms with Crippen LogP contribution in [-0.4, -0.2) is 43.0 Å². The van der Waals surface area contributed by atoms with Crippen LogP contribution in [-0.2, 0) is 0 Å². The minimum atomic E-state index is -0.105. The molecule has 1 unspecified atom stereocenters. The number of carbonyl (C=O) groups excluding carboxylic acids is 1. The van der Waals surface area contributed by atoms with E-state index in [1.54, 1.807) is 41.9 Å². The van der Waals surface area contributed by atoms with Crippen LogP contribution >= 0.6 is 11.8 Å². The Bertz CT molecular complexity index is 423. The van der Waals surface area contributed by atoms with E-state index in [4.69, 9.17) is 10.5 Å². The molecule has 0 radical (unpaired) electrons. The van der Waals surface area contributed by atoms with E-state index in [0.29, 0.717) is 17.0 Å². The minimum absolute atomic E-state index is 0.105. The van der Waals surface area contributed by atoms with Crippen LogP contribution in [0, 0.1) is 0 Å². The van der Waals surface area contributed by atoms with Crippen LogP contribution in [0.1, 0.15) is 17.3 Å². The molecule has 1 aromatic rings. The number of nitrogen functional groups attached to an aromatic ring is 1. The van der Waals surface area contributed by atoms with E-state index in [1.807, 2.05) is 13.2 Å². The first-order chi connectivity index (χ1) is 8.52. The molecule has 0 heterocycles. The molecule has 4 nitrogen and oxygen atoms in total. The van der Waals surface area contributed by atoms with Gasteiger partial charge in [0.15, 0.2) is 0 Å². The number of methoxy groups -OCH3 is 1. The Morgan fingerprint density at radius 2 is 2.22 bits per heavy atom. The molecule has 18 heavy (non-hydrogen) atoms. The molecule has 1 amide bonds. The maximum Gasteiger partial charge on any atom is 0.259 e. The molecule has 0 spiro atoms. The molecule has 0 aromatic heterocycles. The van der Waals surface area contributed by atoms with Gasteiger partial charge in [-0.1, -0.05) is 6.07 Å². The first kappa shape index (κ1) is 14.7. The van der Waals surface area contributed by atoms with E-state index in [9.17, 15) is 4.79 Å². The third kappa shape index (κ3) is 3.10.